The van der Waals surface area contributed by atoms with Crippen LogP contribution in [0, 0.1) is 11.3 Å². The molecule has 17 heavy (non-hydrogen) atoms. The van der Waals surface area contributed by atoms with Gasteiger partial charge in [-0.3, -0.25) is 0 Å². The zero-order chi connectivity index (χ0) is 12.9. The van der Waals surface area contributed by atoms with E-state index in [1.165, 1.54) is 19.3 Å². The standard InChI is InChI=1S/C13H25BrO2S/c1-12(2)6-9-17(15,16)11-13(10-14)7-4-3-5-8-13/h12H,3-11H2,1-2H3. The Labute approximate surface area is 115 Å². The second kappa shape index (κ2) is 6.55. The van der Waals surface area contributed by atoms with E-state index in [0.717, 1.165) is 24.6 Å². The van der Waals surface area contributed by atoms with Crippen molar-refractivity contribution >= 4 is 25.8 Å². The van der Waals surface area contributed by atoms with Gasteiger partial charge in [0.2, 0.25) is 0 Å². The SMILES string of the molecule is CC(C)CCS(=O)(=O)CC1(CBr)CCCCC1. The molecule has 0 aliphatic heterocycles. The summed E-state index contributed by atoms with van der Waals surface area (Å²) in [6.45, 7) is 4.16. The molecule has 0 atom stereocenters. The summed E-state index contributed by atoms with van der Waals surface area (Å²) in [5, 5.41) is 0.834. The number of alkyl halides is 1. The molecule has 0 bridgehead atoms. The summed E-state index contributed by atoms with van der Waals surface area (Å²) in [6, 6.07) is 0. The van der Waals surface area contributed by atoms with E-state index in [9.17, 15) is 8.42 Å². The highest BCUT2D eigenvalue weighted by molar-refractivity contribution is 9.09. The fourth-order valence-corrected chi connectivity index (χ4v) is 5.89. The van der Waals surface area contributed by atoms with E-state index in [2.05, 4.69) is 29.8 Å². The van der Waals surface area contributed by atoms with E-state index in [1.54, 1.807) is 0 Å². The molecule has 0 aromatic carbocycles. The molecule has 1 aliphatic rings. The third kappa shape index (κ3) is 5.29. The normalized spacial score (nSPS) is 20.7. The maximum Gasteiger partial charge on any atom is 0.150 e. The molecule has 1 fully saturated rings. The largest absolute Gasteiger partial charge is 0.229 e. The summed E-state index contributed by atoms with van der Waals surface area (Å²) >= 11 is 3.54. The topological polar surface area (TPSA) is 34.1 Å². The molecular formula is C13H25BrO2S. The first kappa shape index (κ1) is 15.5. The molecule has 0 saturated heterocycles. The third-order valence-corrected chi connectivity index (χ3v) is 6.83. The Hall–Kier alpha value is 0.430. The molecule has 2 nitrogen and oxygen atoms in total. The average Bonchev–Trinajstić information content (AvgIpc) is 2.27. The van der Waals surface area contributed by atoms with Crippen molar-refractivity contribution in [2.75, 3.05) is 16.8 Å². The molecule has 4 heteroatoms. The number of sulfone groups is 1. The molecule has 102 valence electrons. The van der Waals surface area contributed by atoms with Crippen molar-refractivity contribution in [1.29, 1.82) is 0 Å². The van der Waals surface area contributed by atoms with E-state index in [0.29, 0.717) is 17.4 Å². The molecule has 0 spiro atoms. The van der Waals surface area contributed by atoms with Gasteiger partial charge in [-0.05, 0) is 30.6 Å². The van der Waals surface area contributed by atoms with Crippen LogP contribution in [-0.4, -0.2) is 25.3 Å². The zero-order valence-electron chi connectivity index (χ0n) is 11.0. The summed E-state index contributed by atoms with van der Waals surface area (Å²) < 4.78 is 24.3. The van der Waals surface area contributed by atoms with Crippen molar-refractivity contribution in [2.24, 2.45) is 11.3 Å². The maximum absolute atomic E-state index is 12.1. The van der Waals surface area contributed by atoms with Crippen LogP contribution in [0.3, 0.4) is 0 Å². The second-order valence-electron chi connectivity index (χ2n) is 5.97. The minimum absolute atomic E-state index is 0.0219. The first-order chi connectivity index (χ1) is 7.89. The zero-order valence-corrected chi connectivity index (χ0v) is 13.4. The van der Waals surface area contributed by atoms with Crippen molar-refractivity contribution < 1.29 is 8.42 Å². The third-order valence-electron chi connectivity index (χ3n) is 3.73. The lowest BCUT2D eigenvalue weighted by molar-refractivity contribution is 0.256. The van der Waals surface area contributed by atoms with Crippen LogP contribution in [0.4, 0.5) is 0 Å². The van der Waals surface area contributed by atoms with E-state index in [4.69, 9.17) is 0 Å². The first-order valence-electron chi connectivity index (χ1n) is 6.66. The lowest BCUT2D eigenvalue weighted by Crippen LogP contribution is -2.35. The Morgan fingerprint density at radius 2 is 1.76 bits per heavy atom. The van der Waals surface area contributed by atoms with Gasteiger partial charge in [0.1, 0.15) is 0 Å². The Kier molecular flexibility index (Phi) is 5.97. The van der Waals surface area contributed by atoms with Crippen molar-refractivity contribution in [3.05, 3.63) is 0 Å². The lowest BCUT2D eigenvalue weighted by atomic mass is 9.77. The minimum Gasteiger partial charge on any atom is -0.229 e. The smallest absolute Gasteiger partial charge is 0.150 e. The molecule has 0 amide bonds. The summed E-state index contributed by atoms with van der Waals surface area (Å²) in [7, 11) is -2.88. The van der Waals surface area contributed by atoms with Gasteiger partial charge in [-0.15, -0.1) is 0 Å². The van der Waals surface area contributed by atoms with Gasteiger partial charge in [0.25, 0.3) is 0 Å². The van der Waals surface area contributed by atoms with Gasteiger partial charge < -0.3 is 0 Å². The Morgan fingerprint density at radius 1 is 1.18 bits per heavy atom. The van der Waals surface area contributed by atoms with Crippen LogP contribution in [0.15, 0.2) is 0 Å². The molecule has 1 rings (SSSR count). The number of halogens is 1. The highest BCUT2D eigenvalue weighted by Gasteiger charge is 2.35. The predicted molar refractivity (Wildman–Crippen MR) is 77.4 cm³/mol. The number of rotatable bonds is 6. The van der Waals surface area contributed by atoms with Crippen LogP contribution in [0.5, 0.6) is 0 Å². The van der Waals surface area contributed by atoms with Gasteiger partial charge in [-0.25, -0.2) is 8.42 Å². The highest BCUT2D eigenvalue weighted by Crippen LogP contribution is 2.39. The summed E-state index contributed by atoms with van der Waals surface area (Å²) in [6.07, 6.45) is 6.57. The van der Waals surface area contributed by atoms with E-state index in [1.807, 2.05) is 0 Å². The van der Waals surface area contributed by atoms with Gasteiger partial charge in [-0.1, -0.05) is 49.0 Å². The van der Waals surface area contributed by atoms with Gasteiger partial charge >= 0.3 is 0 Å². The second-order valence-corrected chi connectivity index (χ2v) is 8.71. The van der Waals surface area contributed by atoms with Crippen LogP contribution in [-0.2, 0) is 9.84 Å². The van der Waals surface area contributed by atoms with Crippen LogP contribution in [0.1, 0.15) is 52.4 Å². The van der Waals surface area contributed by atoms with Crippen LogP contribution in [0.25, 0.3) is 0 Å². The van der Waals surface area contributed by atoms with Crippen molar-refractivity contribution in [1.82, 2.24) is 0 Å². The van der Waals surface area contributed by atoms with Crippen molar-refractivity contribution in [3.63, 3.8) is 0 Å². The molecule has 0 radical (unpaired) electrons. The molecule has 0 N–H and O–H groups in total. The van der Waals surface area contributed by atoms with Crippen LogP contribution in [0.2, 0.25) is 0 Å². The Balaban J connectivity index is 2.60. The summed E-state index contributed by atoms with van der Waals surface area (Å²) in [5.41, 5.74) is 0.0219. The van der Waals surface area contributed by atoms with Gasteiger partial charge in [0.05, 0.1) is 11.5 Å². The van der Waals surface area contributed by atoms with E-state index in [-0.39, 0.29) is 5.41 Å². The molecule has 0 unspecified atom stereocenters. The predicted octanol–water partition coefficient (Wildman–Crippen LogP) is 3.79. The van der Waals surface area contributed by atoms with E-state index >= 15 is 0 Å². The summed E-state index contributed by atoms with van der Waals surface area (Å²) in [5.74, 6) is 1.22. The number of hydrogen-bond donors (Lipinski definition) is 0. The first-order valence-corrected chi connectivity index (χ1v) is 9.60. The Bertz CT molecular complexity index is 316. The van der Waals surface area contributed by atoms with Gasteiger partial charge in [0.15, 0.2) is 9.84 Å². The maximum atomic E-state index is 12.1. The van der Waals surface area contributed by atoms with Crippen LogP contribution < -0.4 is 0 Å². The molecule has 0 aromatic heterocycles. The fourth-order valence-electron chi connectivity index (χ4n) is 2.57. The van der Waals surface area contributed by atoms with Crippen molar-refractivity contribution in [2.45, 2.75) is 52.4 Å². The van der Waals surface area contributed by atoms with E-state index < -0.39 is 9.84 Å². The van der Waals surface area contributed by atoms with Gasteiger partial charge in [0, 0.05) is 5.33 Å². The molecule has 1 saturated carbocycles. The fraction of sp³-hybridized carbons (Fsp3) is 1.00. The number of hydrogen-bond acceptors (Lipinski definition) is 2. The summed E-state index contributed by atoms with van der Waals surface area (Å²) in [4.78, 5) is 0. The molecular weight excluding hydrogens is 300 g/mol. The Morgan fingerprint density at radius 3 is 2.24 bits per heavy atom. The molecule has 1 aliphatic carbocycles. The van der Waals surface area contributed by atoms with Crippen LogP contribution >= 0.6 is 15.9 Å². The lowest BCUT2D eigenvalue weighted by Gasteiger charge is -2.35. The minimum atomic E-state index is -2.88. The quantitative estimate of drug-likeness (QED) is 0.696. The monoisotopic (exact) mass is 324 g/mol. The molecule has 0 heterocycles. The average molecular weight is 325 g/mol. The highest BCUT2D eigenvalue weighted by atomic mass is 79.9. The molecule has 0 aromatic rings. The van der Waals surface area contributed by atoms with Gasteiger partial charge in [-0.2, -0.15) is 0 Å². The van der Waals surface area contributed by atoms with Crippen molar-refractivity contribution in [3.8, 4) is 0 Å².